The monoisotopic (exact) mass is 382 g/mol. The number of hydrogen-bond acceptors (Lipinski definition) is 5. The van der Waals surface area contributed by atoms with E-state index in [4.69, 9.17) is 0 Å². The molecule has 0 saturated carbocycles. The van der Waals surface area contributed by atoms with Gasteiger partial charge in [-0.05, 0) is 56.2 Å². The SMILES string of the molecule is Cc1ccccc1NC(=O)[C@@H](C)n1nnc2sc3c(c2c1=O)CC[C@H](C)C3. The molecule has 140 valence electrons. The summed E-state index contributed by atoms with van der Waals surface area (Å²) in [6, 6.07) is 6.81. The second kappa shape index (κ2) is 6.88. The Morgan fingerprint density at radius 3 is 2.93 bits per heavy atom. The van der Waals surface area contributed by atoms with E-state index in [0.717, 1.165) is 36.1 Å². The lowest BCUT2D eigenvalue weighted by Gasteiger charge is -2.18. The van der Waals surface area contributed by atoms with Crippen molar-refractivity contribution in [2.45, 2.75) is 46.1 Å². The minimum atomic E-state index is -0.743. The lowest BCUT2D eigenvalue weighted by atomic mass is 9.89. The van der Waals surface area contributed by atoms with Gasteiger partial charge < -0.3 is 5.32 Å². The van der Waals surface area contributed by atoms with E-state index in [1.54, 1.807) is 18.3 Å². The smallest absolute Gasteiger partial charge is 0.279 e. The number of nitrogens with zero attached hydrogens (tertiary/aromatic N) is 3. The van der Waals surface area contributed by atoms with Crippen molar-refractivity contribution in [3.8, 4) is 0 Å². The van der Waals surface area contributed by atoms with Gasteiger partial charge in [0.15, 0.2) is 4.83 Å². The number of thiophene rings is 1. The molecule has 0 saturated heterocycles. The minimum absolute atomic E-state index is 0.223. The van der Waals surface area contributed by atoms with E-state index in [0.29, 0.717) is 16.1 Å². The van der Waals surface area contributed by atoms with E-state index < -0.39 is 6.04 Å². The fourth-order valence-electron chi connectivity index (χ4n) is 3.59. The molecule has 0 aliphatic heterocycles. The van der Waals surface area contributed by atoms with Crippen LogP contribution in [0.2, 0.25) is 0 Å². The Morgan fingerprint density at radius 2 is 2.15 bits per heavy atom. The Morgan fingerprint density at radius 1 is 1.37 bits per heavy atom. The number of fused-ring (bicyclic) bond motifs is 3. The van der Waals surface area contributed by atoms with Crippen molar-refractivity contribution >= 4 is 33.1 Å². The predicted octanol–water partition coefficient (Wildman–Crippen LogP) is 3.49. The van der Waals surface area contributed by atoms with Crippen LogP contribution in [0.15, 0.2) is 29.1 Å². The lowest BCUT2D eigenvalue weighted by Crippen LogP contribution is -2.34. The number of benzene rings is 1. The van der Waals surface area contributed by atoms with Crippen molar-refractivity contribution in [2.75, 3.05) is 5.32 Å². The Balaban J connectivity index is 1.69. The molecule has 1 N–H and O–H groups in total. The maximum absolute atomic E-state index is 13.1. The molecule has 0 radical (unpaired) electrons. The largest absolute Gasteiger partial charge is 0.324 e. The van der Waals surface area contributed by atoms with E-state index in [1.165, 1.54) is 9.56 Å². The maximum atomic E-state index is 13.1. The first kappa shape index (κ1) is 17.9. The van der Waals surface area contributed by atoms with Crippen molar-refractivity contribution in [2.24, 2.45) is 5.92 Å². The Bertz CT molecular complexity index is 1090. The van der Waals surface area contributed by atoms with Gasteiger partial charge in [-0.15, -0.1) is 16.4 Å². The van der Waals surface area contributed by atoms with Crippen LogP contribution in [-0.2, 0) is 17.6 Å². The zero-order chi connectivity index (χ0) is 19.1. The molecule has 1 aromatic carbocycles. The highest BCUT2D eigenvalue weighted by Gasteiger charge is 2.26. The quantitative estimate of drug-likeness (QED) is 0.752. The molecule has 1 aliphatic rings. The van der Waals surface area contributed by atoms with E-state index in [9.17, 15) is 9.59 Å². The molecule has 2 atom stereocenters. The van der Waals surface area contributed by atoms with Crippen LogP contribution in [0.25, 0.3) is 10.2 Å². The first-order valence-corrected chi connectivity index (χ1v) is 10.0. The molecule has 2 aromatic heterocycles. The summed E-state index contributed by atoms with van der Waals surface area (Å²) in [4.78, 5) is 27.7. The fourth-order valence-corrected chi connectivity index (χ4v) is 4.90. The van der Waals surface area contributed by atoms with Gasteiger partial charge in [0.1, 0.15) is 6.04 Å². The topological polar surface area (TPSA) is 76.9 Å². The molecule has 0 fully saturated rings. The molecular formula is C20H22N4O2S. The summed E-state index contributed by atoms with van der Waals surface area (Å²) in [6.07, 6.45) is 2.95. The van der Waals surface area contributed by atoms with Gasteiger partial charge in [0, 0.05) is 10.6 Å². The summed E-state index contributed by atoms with van der Waals surface area (Å²) in [5.74, 6) is 0.345. The number of carbonyl (C=O) groups is 1. The van der Waals surface area contributed by atoms with Crippen molar-refractivity contribution in [1.82, 2.24) is 15.0 Å². The van der Waals surface area contributed by atoms with Gasteiger partial charge in [-0.3, -0.25) is 9.59 Å². The highest BCUT2D eigenvalue weighted by atomic mass is 32.1. The van der Waals surface area contributed by atoms with Crippen molar-refractivity contribution in [3.05, 3.63) is 50.6 Å². The van der Waals surface area contributed by atoms with Crippen LogP contribution in [0.5, 0.6) is 0 Å². The molecule has 27 heavy (non-hydrogen) atoms. The van der Waals surface area contributed by atoms with Crippen LogP contribution < -0.4 is 10.9 Å². The molecule has 0 spiro atoms. The Labute approximate surface area is 161 Å². The number of aromatic nitrogens is 3. The fraction of sp³-hybridized carbons (Fsp3) is 0.400. The molecule has 7 heteroatoms. The highest BCUT2D eigenvalue weighted by molar-refractivity contribution is 7.18. The average molecular weight is 382 g/mol. The molecule has 6 nitrogen and oxygen atoms in total. The minimum Gasteiger partial charge on any atom is -0.324 e. The molecule has 4 rings (SSSR count). The number of amides is 1. The average Bonchev–Trinajstić information content (AvgIpc) is 3.01. The zero-order valence-electron chi connectivity index (χ0n) is 15.7. The third kappa shape index (κ3) is 3.16. The number of anilines is 1. The summed E-state index contributed by atoms with van der Waals surface area (Å²) in [5, 5.41) is 11.8. The van der Waals surface area contributed by atoms with Crippen molar-refractivity contribution < 1.29 is 4.79 Å². The summed E-state index contributed by atoms with van der Waals surface area (Å²) in [6.45, 7) is 5.84. The summed E-state index contributed by atoms with van der Waals surface area (Å²) in [7, 11) is 0. The summed E-state index contributed by atoms with van der Waals surface area (Å²) in [5.41, 5.74) is 2.58. The van der Waals surface area contributed by atoms with Gasteiger partial charge >= 0.3 is 0 Å². The number of carbonyl (C=O) groups excluding carboxylic acids is 1. The maximum Gasteiger partial charge on any atom is 0.279 e. The van der Waals surface area contributed by atoms with Crippen molar-refractivity contribution in [1.29, 1.82) is 0 Å². The third-order valence-corrected chi connectivity index (χ3v) is 6.43. The van der Waals surface area contributed by atoms with Gasteiger partial charge in [-0.25, -0.2) is 0 Å². The number of para-hydroxylation sites is 1. The first-order chi connectivity index (χ1) is 13.0. The van der Waals surface area contributed by atoms with Crippen LogP contribution in [0.4, 0.5) is 5.69 Å². The van der Waals surface area contributed by atoms with Crippen LogP contribution >= 0.6 is 11.3 Å². The van der Waals surface area contributed by atoms with Crippen LogP contribution in [-0.4, -0.2) is 20.9 Å². The summed E-state index contributed by atoms with van der Waals surface area (Å²) < 4.78 is 1.21. The molecular weight excluding hydrogens is 360 g/mol. The molecule has 0 unspecified atom stereocenters. The van der Waals surface area contributed by atoms with Gasteiger partial charge in [0.25, 0.3) is 5.56 Å². The number of nitrogens with one attached hydrogen (secondary N) is 1. The van der Waals surface area contributed by atoms with Gasteiger partial charge in [-0.1, -0.05) is 30.3 Å². The van der Waals surface area contributed by atoms with Crippen LogP contribution in [0.3, 0.4) is 0 Å². The van der Waals surface area contributed by atoms with Crippen LogP contribution in [0.1, 0.15) is 42.3 Å². The van der Waals surface area contributed by atoms with Gasteiger partial charge in [0.05, 0.1) is 5.39 Å². The molecule has 1 amide bonds. The first-order valence-electron chi connectivity index (χ1n) is 9.22. The molecule has 2 heterocycles. The van der Waals surface area contributed by atoms with E-state index >= 15 is 0 Å². The number of rotatable bonds is 3. The predicted molar refractivity (Wildman–Crippen MR) is 107 cm³/mol. The third-order valence-electron chi connectivity index (χ3n) is 5.30. The van der Waals surface area contributed by atoms with E-state index in [2.05, 4.69) is 22.6 Å². The van der Waals surface area contributed by atoms with Gasteiger partial charge in [0.2, 0.25) is 5.91 Å². The normalized spacial score (nSPS) is 17.5. The second-order valence-corrected chi connectivity index (χ2v) is 8.43. The van der Waals surface area contributed by atoms with Gasteiger partial charge in [-0.2, -0.15) is 4.68 Å². The summed E-state index contributed by atoms with van der Waals surface area (Å²) >= 11 is 1.56. The molecule has 3 aromatic rings. The van der Waals surface area contributed by atoms with Crippen molar-refractivity contribution in [3.63, 3.8) is 0 Å². The Hall–Kier alpha value is -2.54. The highest BCUT2D eigenvalue weighted by Crippen LogP contribution is 2.35. The lowest BCUT2D eigenvalue weighted by molar-refractivity contribution is -0.119. The van der Waals surface area contributed by atoms with Crippen LogP contribution in [0, 0.1) is 12.8 Å². The number of aryl methyl sites for hydroxylation is 2. The molecule has 1 aliphatic carbocycles. The second-order valence-electron chi connectivity index (χ2n) is 7.35. The standard InChI is InChI=1S/C20H22N4O2S/c1-11-8-9-14-16(10-11)27-19-17(14)20(26)24(23-22-19)13(3)18(25)21-15-7-5-4-6-12(15)2/h4-7,11,13H,8-10H2,1-3H3,(H,21,25)/t11-,13+/m0/s1. The number of hydrogen-bond donors (Lipinski definition) is 1. The Kier molecular flexibility index (Phi) is 4.55. The van der Waals surface area contributed by atoms with E-state index in [1.807, 2.05) is 31.2 Å². The molecule has 0 bridgehead atoms. The van der Waals surface area contributed by atoms with E-state index in [-0.39, 0.29) is 11.5 Å². The zero-order valence-corrected chi connectivity index (χ0v) is 16.5.